The Morgan fingerprint density at radius 1 is 0.316 bits per heavy atom. The number of halogens is 2. The van der Waals surface area contributed by atoms with E-state index in [0.29, 0.717) is 26.1 Å². The minimum absolute atomic E-state index is 0. The third-order valence-electron chi connectivity index (χ3n) is 11.9. The number of carbonyl (C=O) groups is 2. The number of hydrogen-bond donors (Lipinski definition) is 0. The van der Waals surface area contributed by atoms with Crippen molar-refractivity contribution in [3.8, 4) is 0 Å². The minimum atomic E-state index is -0.0641. The molecule has 0 aromatic carbocycles. The zero-order chi connectivity index (χ0) is 40.6. The fourth-order valence-corrected chi connectivity index (χ4v) is 7.72. The van der Waals surface area contributed by atoms with Gasteiger partial charge < -0.3 is 52.4 Å². The van der Waals surface area contributed by atoms with Crippen LogP contribution in [0.3, 0.4) is 0 Å². The SMILES string of the molecule is CCCCCCCCCCCCCCCC[N+](C)(C)CCOC(=O)CCCCCCCC(=O)OCC[N+](C)(C)CCCCCCCCCCCCCCCC.[Br-].[Br-]. The summed E-state index contributed by atoms with van der Waals surface area (Å²) in [6.07, 6.45) is 44.7. The van der Waals surface area contributed by atoms with Crippen LogP contribution in [0.2, 0.25) is 0 Å². The molecule has 0 radical (unpaired) electrons. The average Bonchev–Trinajstić information content (AvgIpc) is 3.14. The minimum Gasteiger partial charge on any atom is -1.00 e. The van der Waals surface area contributed by atoms with Crippen LogP contribution in [0.15, 0.2) is 0 Å². The van der Waals surface area contributed by atoms with Crippen molar-refractivity contribution in [3.05, 3.63) is 0 Å². The van der Waals surface area contributed by atoms with E-state index in [1.807, 2.05) is 0 Å². The van der Waals surface area contributed by atoms with Crippen molar-refractivity contribution in [3.63, 3.8) is 0 Å². The van der Waals surface area contributed by atoms with Gasteiger partial charge >= 0.3 is 11.9 Å². The van der Waals surface area contributed by atoms with Gasteiger partial charge in [0.1, 0.15) is 26.3 Å². The first-order valence-corrected chi connectivity index (χ1v) is 24.6. The number of unbranched alkanes of at least 4 members (excludes halogenated alkanes) is 30. The molecular weight excluding hydrogens is 840 g/mol. The van der Waals surface area contributed by atoms with Crippen LogP contribution in [0.5, 0.6) is 0 Å². The van der Waals surface area contributed by atoms with Gasteiger partial charge in [-0.05, 0) is 38.5 Å². The van der Waals surface area contributed by atoms with Crippen LogP contribution < -0.4 is 34.0 Å². The summed E-state index contributed by atoms with van der Waals surface area (Å²) in [4.78, 5) is 24.5. The molecule has 6 nitrogen and oxygen atoms in total. The average molecular weight is 941 g/mol. The molecule has 344 valence electrons. The first-order chi connectivity index (χ1) is 26.6. The fourth-order valence-electron chi connectivity index (χ4n) is 7.72. The molecule has 0 aliphatic rings. The van der Waals surface area contributed by atoms with E-state index in [4.69, 9.17) is 9.47 Å². The van der Waals surface area contributed by atoms with Crippen LogP contribution in [0.1, 0.15) is 239 Å². The van der Waals surface area contributed by atoms with Gasteiger partial charge in [0.25, 0.3) is 0 Å². The molecule has 0 aromatic rings. The summed E-state index contributed by atoms with van der Waals surface area (Å²) in [6.45, 7) is 9.68. The summed E-state index contributed by atoms with van der Waals surface area (Å²) in [5, 5.41) is 0. The summed E-state index contributed by atoms with van der Waals surface area (Å²) in [7, 11) is 9.03. The van der Waals surface area contributed by atoms with Crippen molar-refractivity contribution in [2.24, 2.45) is 0 Å². The highest BCUT2D eigenvalue weighted by molar-refractivity contribution is 5.69. The van der Waals surface area contributed by atoms with Crippen LogP contribution in [0.4, 0.5) is 0 Å². The smallest absolute Gasteiger partial charge is 0.305 e. The van der Waals surface area contributed by atoms with Gasteiger partial charge in [-0.1, -0.05) is 187 Å². The van der Waals surface area contributed by atoms with E-state index >= 15 is 0 Å². The lowest BCUT2D eigenvalue weighted by molar-refractivity contribution is -0.890. The molecule has 0 amide bonds. The molecule has 0 rings (SSSR count). The number of rotatable bonds is 44. The van der Waals surface area contributed by atoms with Crippen molar-refractivity contribution in [1.82, 2.24) is 0 Å². The van der Waals surface area contributed by atoms with Crippen LogP contribution in [0, 0.1) is 0 Å². The van der Waals surface area contributed by atoms with Gasteiger partial charge in [-0.25, -0.2) is 0 Å². The molecule has 0 saturated carbocycles. The van der Waals surface area contributed by atoms with Gasteiger partial charge in [0.05, 0.1) is 41.3 Å². The Morgan fingerprint density at radius 3 is 0.772 bits per heavy atom. The quantitative estimate of drug-likeness (QED) is 0.0354. The van der Waals surface area contributed by atoms with Crippen LogP contribution in [-0.4, -0.2) is 88.5 Å². The Hall–Kier alpha value is -0.180. The van der Waals surface area contributed by atoms with Crippen LogP contribution >= 0.6 is 0 Å². The van der Waals surface area contributed by atoms with E-state index in [9.17, 15) is 9.59 Å². The van der Waals surface area contributed by atoms with Gasteiger partial charge in [0.2, 0.25) is 0 Å². The number of esters is 2. The summed E-state index contributed by atoms with van der Waals surface area (Å²) >= 11 is 0. The van der Waals surface area contributed by atoms with Crippen LogP contribution in [-0.2, 0) is 19.1 Å². The summed E-state index contributed by atoms with van der Waals surface area (Å²) < 4.78 is 13.0. The standard InChI is InChI=1S/C49H100N2O4.2BrH/c1-7-9-11-13-15-17-19-21-23-25-27-29-34-38-42-50(3,4)44-46-54-48(52)40-36-32-31-33-37-41-49(53)55-47-45-51(5,6)43-39-35-30-28-26-24-22-20-18-16-14-12-10-8-2;;/h7-47H2,1-6H3;2*1H/q+2;;/p-2. The predicted octanol–water partition coefficient (Wildman–Crippen LogP) is 7.93. The second-order valence-corrected chi connectivity index (χ2v) is 18.7. The molecule has 0 unspecified atom stereocenters. The van der Waals surface area contributed by atoms with E-state index < -0.39 is 0 Å². The first kappa shape index (κ1) is 61.1. The predicted molar refractivity (Wildman–Crippen MR) is 239 cm³/mol. The maximum absolute atomic E-state index is 12.3. The summed E-state index contributed by atoms with van der Waals surface area (Å²) in [6, 6.07) is 0. The summed E-state index contributed by atoms with van der Waals surface area (Å²) in [5.41, 5.74) is 0. The Morgan fingerprint density at radius 2 is 0.526 bits per heavy atom. The Kier molecular flexibility index (Phi) is 48.6. The first-order valence-electron chi connectivity index (χ1n) is 24.6. The van der Waals surface area contributed by atoms with Gasteiger partial charge in [-0.2, -0.15) is 0 Å². The highest BCUT2D eigenvalue weighted by Crippen LogP contribution is 2.16. The number of hydrogen-bond acceptors (Lipinski definition) is 4. The third kappa shape index (κ3) is 48.4. The highest BCUT2D eigenvalue weighted by atomic mass is 79.9. The lowest BCUT2D eigenvalue weighted by Gasteiger charge is -2.29. The molecular formula is C49H100Br2N2O4. The van der Waals surface area contributed by atoms with E-state index in [0.717, 1.165) is 67.2 Å². The molecule has 0 bridgehead atoms. The fraction of sp³-hybridized carbons (Fsp3) is 0.959. The molecule has 0 aliphatic heterocycles. The molecule has 8 heteroatoms. The zero-order valence-electron chi connectivity index (χ0n) is 39.3. The second kappa shape index (κ2) is 45.3. The normalized spacial score (nSPS) is 11.6. The number of nitrogens with zero attached hydrogens (tertiary/aromatic N) is 2. The van der Waals surface area contributed by atoms with Crippen molar-refractivity contribution >= 4 is 11.9 Å². The second-order valence-electron chi connectivity index (χ2n) is 18.7. The Bertz CT molecular complexity index is 776. The van der Waals surface area contributed by atoms with E-state index in [1.165, 1.54) is 180 Å². The molecule has 0 aromatic heterocycles. The monoisotopic (exact) mass is 939 g/mol. The molecule has 57 heavy (non-hydrogen) atoms. The Labute approximate surface area is 378 Å². The highest BCUT2D eigenvalue weighted by Gasteiger charge is 2.17. The van der Waals surface area contributed by atoms with Crippen LogP contribution in [0.25, 0.3) is 0 Å². The van der Waals surface area contributed by atoms with Crippen molar-refractivity contribution < 1.29 is 62.0 Å². The van der Waals surface area contributed by atoms with Crippen molar-refractivity contribution in [2.45, 2.75) is 239 Å². The van der Waals surface area contributed by atoms with E-state index in [-0.39, 0.29) is 45.9 Å². The summed E-state index contributed by atoms with van der Waals surface area (Å²) in [5.74, 6) is -0.128. The topological polar surface area (TPSA) is 52.6 Å². The van der Waals surface area contributed by atoms with Crippen molar-refractivity contribution in [2.75, 3.05) is 67.6 Å². The number of quaternary nitrogens is 2. The molecule has 0 saturated heterocycles. The maximum atomic E-state index is 12.3. The Balaban J connectivity index is -0.0000146. The maximum Gasteiger partial charge on any atom is 0.305 e. The molecule has 0 aliphatic carbocycles. The third-order valence-corrected chi connectivity index (χ3v) is 11.9. The van der Waals surface area contributed by atoms with E-state index in [2.05, 4.69) is 42.0 Å². The molecule has 0 spiro atoms. The lowest BCUT2D eigenvalue weighted by atomic mass is 10.0. The number of carbonyl (C=O) groups excluding carboxylic acids is 2. The van der Waals surface area contributed by atoms with E-state index in [1.54, 1.807) is 0 Å². The molecule has 0 N–H and O–H groups in total. The zero-order valence-corrected chi connectivity index (χ0v) is 42.4. The number of ether oxygens (including phenoxy) is 2. The number of likely N-dealkylation sites (N-methyl/N-ethyl adjacent to an activating group) is 2. The molecule has 0 heterocycles. The largest absolute Gasteiger partial charge is 1.00 e. The van der Waals surface area contributed by atoms with Gasteiger partial charge in [-0.15, -0.1) is 0 Å². The van der Waals surface area contributed by atoms with Gasteiger partial charge in [0.15, 0.2) is 0 Å². The molecule has 0 atom stereocenters. The van der Waals surface area contributed by atoms with Gasteiger partial charge in [-0.3, -0.25) is 9.59 Å². The lowest BCUT2D eigenvalue weighted by Crippen LogP contribution is -3.00. The molecule has 0 fully saturated rings. The van der Waals surface area contributed by atoms with Gasteiger partial charge in [0, 0.05) is 12.8 Å². The van der Waals surface area contributed by atoms with Crippen molar-refractivity contribution in [1.29, 1.82) is 0 Å².